The summed E-state index contributed by atoms with van der Waals surface area (Å²) in [5.41, 5.74) is 9.23. The minimum atomic E-state index is -0.371. The molecule has 0 saturated heterocycles. The highest BCUT2D eigenvalue weighted by molar-refractivity contribution is 5.85. The Hall–Kier alpha value is -3.55. The number of nitrogens with zero attached hydrogens (tertiary/aromatic N) is 2. The van der Waals surface area contributed by atoms with E-state index in [4.69, 9.17) is 5.73 Å². The Labute approximate surface area is 191 Å². The van der Waals surface area contributed by atoms with E-state index in [1.165, 1.54) is 12.1 Å². The normalized spacial score (nSPS) is 11.4. The van der Waals surface area contributed by atoms with Crippen molar-refractivity contribution in [3.63, 3.8) is 0 Å². The van der Waals surface area contributed by atoms with Crippen LogP contribution in [0.3, 0.4) is 0 Å². The smallest absolute Gasteiger partial charge is 0.260 e. The summed E-state index contributed by atoms with van der Waals surface area (Å²) in [6.45, 7) is 0.434. The van der Waals surface area contributed by atoms with Crippen LogP contribution in [0, 0.1) is 5.82 Å². The zero-order valence-corrected chi connectivity index (χ0v) is 18.0. The number of benzene rings is 2. The molecule has 0 amide bonds. The Kier molecular flexibility index (Phi) is 7.70. The van der Waals surface area contributed by atoms with Gasteiger partial charge < -0.3 is 11.1 Å². The molecule has 4 rings (SSSR count). The second kappa shape index (κ2) is 10.7. The van der Waals surface area contributed by atoms with E-state index >= 15 is 0 Å². The molecule has 0 aliphatic rings. The van der Waals surface area contributed by atoms with Gasteiger partial charge in [0, 0.05) is 30.5 Å². The van der Waals surface area contributed by atoms with Crippen molar-refractivity contribution >= 4 is 18.4 Å². The van der Waals surface area contributed by atoms with Gasteiger partial charge in [-0.1, -0.05) is 42.5 Å². The van der Waals surface area contributed by atoms with Crippen LogP contribution in [0.5, 0.6) is 0 Å². The standard InChI is InChI=1S/C24H22FN5O.ClH/c25-19-8-6-17(7-9-19)21-22(18-10-12-27-13-11-18)29-24(30-23(21)31)28-15-20(26)14-16-4-2-1-3-5-16;/h1-13,20H,14-15,26H2,(H2,28,29,30,31);1H/t20-;/m0./s1. The summed E-state index contributed by atoms with van der Waals surface area (Å²) in [7, 11) is 0. The molecule has 0 radical (unpaired) electrons. The van der Waals surface area contributed by atoms with Crippen LogP contribution in [0.1, 0.15) is 5.56 Å². The fraction of sp³-hybridized carbons (Fsp3) is 0.125. The van der Waals surface area contributed by atoms with Crippen molar-refractivity contribution in [3.05, 3.63) is 101 Å². The minimum Gasteiger partial charge on any atom is -0.354 e. The quantitative estimate of drug-likeness (QED) is 0.394. The van der Waals surface area contributed by atoms with Gasteiger partial charge in [-0.3, -0.25) is 14.8 Å². The molecule has 4 N–H and O–H groups in total. The van der Waals surface area contributed by atoms with Crippen LogP contribution in [0.25, 0.3) is 22.4 Å². The SMILES string of the molecule is Cl.N[C@H](CNc1nc(-c2ccncc2)c(-c2ccc(F)cc2)c(=O)[nH]1)Cc1ccccc1. The van der Waals surface area contributed by atoms with E-state index in [0.717, 1.165) is 11.1 Å². The lowest BCUT2D eigenvalue weighted by Crippen LogP contribution is -2.32. The Balaban J connectivity index is 0.00000289. The first-order valence-corrected chi connectivity index (χ1v) is 9.94. The Morgan fingerprint density at radius 1 is 0.969 bits per heavy atom. The van der Waals surface area contributed by atoms with Crippen molar-refractivity contribution in [3.8, 4) is 22.4 Å². The molecule has 0 aliphatic carbocycles. The molecular formula is C24H23ClFN5O. The van der Waals surface area contributed by atoms with E-state index < -0.39 is 0 Å². The second-order valence-corrected chi connectivity index (χ2v) is 7.21. The van der Waals surface area contributed by atoms with Gasteiger partial charge in [-0.25, -0.2) is 9.37 Å². The highest BCUT2D eigenvalue weighted by Gasteiger charge is 2.16. The second-order valence-electron chi connectivity index (χ2n) is 7.21. The van der Waals surface area contributed by atoms with E-state index in [2.05, 4.69) is 20.3 Å². The predicted molar refractivity (Wildman–Crippen MR) is 127 cm³/mol. The maximum atomic E-state index is 13.4. The number of aromatic nitrogens is 3. The van der Waals surface area contributed by atoms with Gasteiger partial charge in [0.05, 0.1) is 11.3 Å². The number of halogens is 2. The van der Waals surface area contributed by atoms with E-state index in [9.17, 15) is 9.18 Å². The third-order valence-electron chi connectivity index (χ3n) is 4.88. The maximum absolute atomic E-state index is 13.4. The molecule has 2 aromatic carbocycles. The summed E-state index contributed by atoms with van der Waals surface area (Å²) in [4.78, 5) is 24.4. The number of hydrogen-bond acceptors (Lipinski definition) is 5. The molecule has 4 aromatic rings. The molecule has 2 aromatic heterocycles. The highest BCUT2D eigenvalue weighted by Crippen LogP contribution is 2.28. The van der Waals surface area contributed by atoms with E-state index in [0.29, 0.717) is 35.7 Å². The molecule has 8 heteroatoms. The molecule has 0 aliphatic heterocycles. The number of nitrogens with two attached hydrogens (primary N) is 1. The van der Waals surface area contributed by atoms with Gasteiger partial charge >= 0.3 is 0 Å². The zero-order chi connectivity index (χ0) is 21.6. The van der Waals surface area contributed by atoms with Crippen molar-refractivity contribution < 1.29 is 4.39 Å². The molecule has 6 nitrogen and oxygen atoms in total. The van der Waals surface area contributed by atoms with E-state index in [1.54, 1.807) is 36.7 Å². The van der Waals surface area contributed by atoms with Crippen LogP contribution in [0.4, 0.5) is 10.3 Å². The van der Waals surface area contributed by atoms with Gasteiger partial charge in [-0.05, 0) is 41.8 Å². The number of pyridine rings is 1. The number of rotatable bonds is 7. The first kappa shape index (κ1) is 23.1. The molecule has 0 fully saturated rings. The maximum Gasteiger partial charge on any atom is 0.260 e. The highest BCUT2D eigenvalue weighted by atomic mass is 35.5. The van der Waals surface area contributed by atoms with Crippen LogP contribution in [0.2, 0.25) is 0 Å². The zero-order valence-electron chi connectivity index (χ0n) is 17.2. The van der Waals surface area contributed by atoms with E-state index in [-0.39, 0.29) is 29.8 Å². The van der Waals surface area contributed by atoms with Crippen LogP contribution >= 0.6 is 12.4 Å². The number of nitrogens with one attached hydrogen (secondary N) is 2. The van der Waals surface area contributed by atoms with E-state index in [1.807, 2.05) is 30.3 Å². The summed E-state index contributed by atoms with van der Waals surface area (Å²) < 4.78 is 13.4. The minimum absolute atomic E-state index is 0. The van der Waals surface area contributed by atoms with Gasteiger partial charge in [0.1, 0.15) is 5.82 Å². The molecule has 0 spiro atoms. The summed E-state index contributed by atoms with van der Waals surface area (Å²) >= 11 is 0. The molecule has 164 valence electrons. The third kappa shape index (κ3) is 5.57. The number of aromatic amines is 1. The molecule has 2 heterocycles. The fourth-order valence-corrected chi connectivity index (χ4v) is 3.38. The largest absolute Gasteiger partial charge is 0.354 e. The lowest BCUT2D eigenvalue weighted by atomic mass is 10.0. The van der Waals surface area contributed by atoms with Gasteiger partial charge in [0.25, 0.3) is 5.56 Å². The van der Waals surface area contributed by atoms with Crippen molar-refractivity contribution in [2.45, 2.75) is 12.5 Å². The predicted octanol–water partition coefficient (Wildman–Crippen LogP) is 4.04. The average Bonchev–Trinajstić information content (AvgIpc) is 2.79. The van der Waals surface area contributed by atoms with Gasteiger partial charge in [0.2, 0.25) is 5.95 Å². The van der Waals surface area contributed by atoms with Crippen LogP contribution < -0.4 is 16.6 Å². The molecule has 1 atom stereocenters. The first-order valence-electron chi connectivity index (χ1n) is 9.94. The van der Waals surface area contributed by atoms with Crippen LogP contribution in [-0.4, -0.2) is 27.5 Å². The molecule has 0 bridgehead atoms. The van der Waals surface area contributed by atoms with Gasteiger partial charge in [0.15, 0.2) is 0 Å². The fourth-order valence-electron chi connectivity index (χ4n) is 3.38. The van der Waals surface area contributed by atoms with Crippen LogP contribution in [0.15, 0.2) is 83.9 Å². The average molecular weight is 452 g/mol. The monoisotopic (exact) mass is 451 g/mol. The topological polar surface area (TPSA) is 96.7 Å². The summed E-state index contributed by atoms with van der Waals surface area (Å²) in [6, 6.07) is 19.1. The Bertz CT molecular complexity index is 1200. The van der Waals surface area contributed by atoms with Crippen molar-refractivity contribution in [1.82, 2.24) is 15.0 Å². The number of H-pyrrole nitrogens is 1. The third-order valence-corrected chi connectivity index (χ3v) is 4.88. The number of hydrogen-bond donors (Lipinski definition) is 3. The van der Waals surface area contributed by atoms with Crippen molar-refractivity contribution in [1.29, 1.82) is 0 Å². The summed E-state index contributed by atoms with van der Waals surface area (Å²) in [5, 5.41) is 3.14. The van der Waals surface area contributed by atoms with Gasteiger partial charge in [-0.15, -0.1) is 12.4 Å². The molecule has 0 unspecified atom stereocenters. The summed E-state index contributed by atoms with van der Waals surface area (Å²) in [6.07, 6.45) is 3.97. The molecule has 32 heavy (non-hydrogen) atoms. The Morgan fingerprint density at radius 2 is 1.66 bits per heavy atom. The van der Waals surface area contributed by atoms with Gasteiger partial charge in [-0.2, -0.15) is 0 Å². The summed E-state index contributed by atoms with van der Waals surface area (Å²) in [5.74, 6) is -0.0459. The first-order chi connectivity index (χ1) is 15.1. The molecule has 0 saturated carbocycles. The van der Waals surface area contributed by atoms with Crippen LogP contribution in [-0.2, 0) is 6.42 Å². The van der Waals surface area contributed by atoms with Crippen molar-refractivity contribution in [2.24, 2.45) is 5.73 Å². The number of anilines is 1. The lowest BCUT2D eigenvalue weighted by molar-refractivity contribution is 0.628. The van der Waals surface area contributed by atoms with Crippen molar-refractivity contribution in [2.75, 3.05) is 11.9 Å². The molecular weight excluding hydrogens is 429 g/mol. The lowest BCUT2D eigenvalue weighted by Gasteiger charge is -2.15. The Morgan fingerprint density at radius 3 is 2.34 bits per heavy atom.